The Labute approximate surface area is 132 Å². The highest BCUT2D eigenvalue weighted by Crippen LogP contribution is 2.23. The number of nitrogens with one attached hydrogen (secondary N) is 1. The molecule has 1 aromatic heterocycles. The average molecular weight is 373 g/mol. The molecule has 1 atom stereocenters. The third-order valence-corrected chi connectivity index (χ3v) is 5.46. The number of aromatic nitrogens is 2. The lowest BCUT2D eigenvalue weighted by molar-refractivity contribution is 0.493. The molecule has 0 bridgehead atoms. The monoisotopic (exact) mass is 372 g/mol. The summed E-state index contributed by atoms with van der Waals surface area (Å²) in [7, 11) is -3.60. The Morgan fingerprint density at radius 3 is 2.81 bits per heavy atom. The molecule has 0 aliphatic rings. The molecule has 1 unspecified atom stereocenters. The lowest BCUT2D eigenvalue weighted by Gasteiger charge is -2.15. The number of sulfonamides is 1. The maximum absolute atomic E-state index is 12.4. The van der Waals surface area contributed by atoms with Crippen molar-refractivity contribution >= 4 is 26.0 Å². The molecule has 2 aromatic rings. The van der Waals surface area contributed by atoms with Crippen molar-refractivity contribution in [2.24, 2.45) is 5.73 Å². The molecule has 21 heavy (non-hydrogen) atoms. The largest absolute Gasteiger partial charge is 0.326 e. The number of nitrogens with two attached hydrogens (primary N) is 1. The van der Waals surface area contributed by atoms with E-state index in [0.717, 1.165) is 5.56 Å². The van der Waals surface area contributed by atoms with Gasteiger partial charge in [-0.05, 0) is 46.6 Å². The highest BCUT2D eigenvalue weighted by atomic mass is 79.9. The third kappa shape index (κ3) is 4.13. The van der Waals surface area contributed by atoms with Crippen molar-refractivity contribution in [1.82, 2.24) is 14.5 Å². The minimum atomic E-state index is -3.60. The molecule has 0 saturated carbocycles. The first-order chi connectivity index (χ1) is 9.92. The Kier molecular flexibility index (Phi) is 5.15. The van der Waals surface area contributed by atoms with E-state index in [-0.39, 0.29) is 10.9 Å². The van der Waals surface area contributed by atoms with Gasteiger partial charge in [-0.3, -0.25) is 4.68 Å². The van der Waals surface area contributed by atoms with E-state index in [1.165, 1.54) is 0 Å². The van der Waals surface area contributed by atoms with Crippen LogP contribution in [0.2, 0.25) is 0 Å². The Hall–Kier alpha value is -1.22. The van der Waals surface area contributed by atoms with Crippen LogP contribution in [0.25, 0.3) is 0 Å². The summed E-state index contributed by atoms with van der Waals surface area (Å²) in [5, 5.41) is 4.06. The van der Waals surface area contributed by atoms with Gasteiger partial charge in [-0.2, -0.15) is 5.10 Å². The summed E-state index contributed by atoms with van der Waals surface area (Å²) < 4.78 is 29.6. The van der Waals surface area contributed by atoms with Crippen molar-refractivity contribution in [2.75, 3.05) is 0 Å². The van der Waals surface area contributed by atoms with Crippen molar-refractivity contribution in [3.05, 3.63) is 46.7 Å². The van der Waals surface area contributed by atoms with Crippen LogP contribution >= 0.6 is 15.9 Å². The van der Waals surface area contributed by atoms with Crippen LogP contribution in [0.4, 0.5) is 0 Å². The second-order valence-corrected chi connectivity index (χ2v) is 7.26. The van der Waals surface area contributed by atoms with Crippen molar-refractivity contribution in [1.29, 1.82) is 0 Å². The van der Waals surface area contributed by atoms with Gasteiger partial charge in [0.05, 0.1) is 11.4 Å². The van der Waals surface area contributed by atoms with Crippen LogP contribution < -0.4 is 10.5 Å². The molecule has 0 saturated heterocycles. The van der Waals surface area contributed by atoms with Gasteiger partial charge in [-0.1, -0.05) is 6.07 Å². The van der Waals surface area contributed by atoms with Crippen LogP contribution in [0.3, 0.4) is 0 Å². The van der Waals surface area contributed by atoms with Gasteiger partial charge in [0.15, 0.2) is 0 Å². The first-order valence-corrected chi connectivity index (χ1v) is 8.68. The fraction of sp³-hybridized carbons (Fsp3) is 0.308. The van der Waals surface area contributed by atoms with E-state index >= 15 is 0 Å². The third-order valence-electron chi connectivity index (χ3n) is 2.90. The zero-order chi connectivity index (χ0) is 15.5. The van der Waals surface area contributed by atoms with Gasteiger partial charge in [0.1, 0.15) is 0 Å². The van der Waals surface area contributed by atoms with Crippen molar-refractivity contribution in [3.8, 4) is 0 Å². The zero-order valence-corrected chi connectivity index (χ0v) is 13.9. The number of nitrogens with zero attached hydrogens (tertiary/aromatic N) is 2. The molecule has 114 valence electrons. The van der Waals surface area contributed by atoms with E-state index in [4.69, 9.17) is 5.73 Å². The number of rotatable bonds is 6. The molecule has 0 radical (unpaired) electrons. The number of hydrogen-bond donors (Lipinski definition) is 2. The molecular weight excluding hydrogens is 356 g/mol. The second kappa shape index (κ2) is 6.69. The number of benzene rings is 1. The van der Waals surface area contributed by atoms with E-state index < -0.39 is 10.0 Å². The molecule has 0 fully saturated rings. The molecule has 0 amide bonds. The Morgan fingerprint density at radius 1 is 1.48 bits per heavy atom. The van der Waals surface area contributed by atoms with Crippen molar-refractivity contribution in [3.63, 3.8) is 0 Å². The Bertz CT molecular complexity index is 701. The SMILES string of the molecule is CC(Cn1cccn1)NS(=O)(=O)c1ccc(CN)cc1Br. The predicted octanol–water partition coefficient (Wildman–Crippen LogP) is 1.47. The maximum atomic E-state index is 12.4. The standard InChI is InChI=1S/C13H17BrN4O2S/c1-10(9-18-6-2-5-16-18)17-21(19,20)13-4-3-11(8-15)7-12(13)14/h2-7,10,17H,8-9,15H2,1H3. The fourth-order valence-corrected chi connectivity index (χ4v) is 4.30. The van der Waals surface area contributed by atoms with Gasteiger partial charge < -0.3 is 5.73 Å². The normalized spacial score (nSPS) is 13.3. The van der Waals surface area contributed by atoms with Crippen LogP contribution in [0.15, 0.2) is 46.0 Å². The van der Waals surface area contributed by atoms with Crippen LogP contribution in [0.1, 0.15) is 12.5 Å². The van der Waals surface area contributed by atoms with E-state index in [1.807, 2.05) is 0 Å². The van der Waals surface area contributed by atoms with Crippen LogP contribution in [-0.2, 0) is 23.1 Å². The molecule has 3 N–H and O–H groups in total. The molecule has 0 aliphatic heterocycles. The first kappa shape index (κ1) is 16.2. The summed E-state index contributed by atoms with van der Waals surface area (Å²) in [6.45, 7) is 2.62. The van der Waals surface area contributed by atoms with Crippen LogP contribution in [0.5, 0.6) is 0 Å². The van der Waals surface area contributed by atoms with Gasteiger partial charge in [0.25, 0.3) is 0 Å². The Morgan fingerprint density at radius 2 is 2.24 bits per heavy atom. The summed E-state index contributed by atoms with van der Waals surface area (Å²) in [5.74, 6) is 0. The predicted molar refractivity (Wildman–Crippen MR) is 84.0 cm³/mol. The first-order valence-electron chi connectivity index (χ1n) is 6.40. The Balaban J connectivity index is 2.14. The quantitative estimate of drug-likeness (QED) is 0.803. The lowest BCUT2D eigenvalue weighted by Crippen LogP contribution is -2.36. The fourth-order valence-electron chi connectivity index (χ4n) is 1.94. The van der Waals surface area contributed by atoms with Gasteiger partial charge in [-0.25, -0.2) is 13.1 Å². The van der Waals surface area contributed by atoms with Gasteiger partial charge in [0.2, 0.25) is 10.0 Å². The summed E-state index contributed by atoms with van der Waals surface area (Å²) in [4.78, 5) is 0.201. The minimum Gasteiger partial charge on any atom is -0.326 e. The smallest absolute Gasteiger partial charge is 0.241 e. The molecule has 0 spiro atoms. The van der Waals surface area contributed by atoms with E-state index in [1.54, 1.807) is 48.3 Å². The number of hydrogen-bond acceptors (Lipinski definition) is 4. The maximum Gasteiger partial charge on any atom is 0.241 e. The van der Waals surface area contributed by atoms with Crippen molar-refractivity contribution in [2.45, 2.75) is 31.0 Å². The molecule has 1 heterocycles. The van der Waals surface area contributed by atoms with Gasteiger partial charge >= 0.3 is 0 Å². The van der Waals surface area contributed by atoms with Crippen LogP contribution in [-0.4, -0.2) is 24.2 Å². The summed E-state index contributed by atoms with van der Waals surface area (Å²) in [6, 6.07) is 6.49. The van der Waals surface area contributed by atoms with Gasteiger partial charge in [0, 0.05) is 29.5 Å². The molecule has 8 heteroatoms. The molecule has 0 aliphatic carbocycles. The minimum absolute atomic E-state index is 0.201. The highest BCUT2D eigenvalue weighted by Gasteiger charge is 2.20. The molecular formula is C13H17BrN4O2S. The molecule has 6 nitrogen and oxygen atoms in total. The number of halogens is 1. The summed E-state index contributed by atoms with van der Waals surface area (Å²) >= 11 is 3.28. The molecule has 2 rings (SSSR count). The summed E-state index contributed by atoms with van der Waals surface area (Å²) in [6.07, 6.45) is 3.44. The second-order valence-electron chi connectivity index (χ2n) is 4.72. The topological polar surface area (TPSA) is 90.0 Å². The van der Waals surface area contributed by atoms with Gasteiger partial charge in [-0.15, -0.1) is 0 Å². The molecule has 1 aromatic carbocycles. The van der Waals surface area contributed by atoms with Crippen LogP contribution in [0, 0.1) is 0 Å². The van der Waals surface area contributed by atoms with E-state index in [9.17, 15) is 8.42 Å². The highest BCUT2D eigenvalue weighted by molar-refractivity contribution is 9.10. The zero-order valence-electron chi connectivity index (χ0n) is 11.5. The van der Waals surface area contributed by atoms with E-state index in [2.05, 4.69) is 25.8 Å². The lowest BCUT2D eigenvalue weighted by atomic mass is 10.2. The van der Waals surface area contributed by atoms with Crippen molar-refractivity contribution < 1.29 is 8.42 Å². The average Bonchev–Trinajstić information content (AvgIpc) is 2.90. The van der Waals surface area contributed by atoms with E-state index in [0.29, 0.717) is 17.6 Å². The summed E-state index contributed by atoms with van der Waals surface area (Å²) in [5.41, 5.74) is 6.40.